The highest BCUT2D eigenvalue weighted by molar-refractivity contribution is 5.95. The molecule has 19 heavy (non-hydrogen) atoms. The molecule has 1 saturated carbocycles. The normalized spacial score (nSPS) is 16.2. The zero-order valence-corrected chi connectivity index (χ0v) is 12.1. The van der Waals surface area contributed by atoms with E-state index in [9.17, 15) is 4.79 Å². The second-order valence-corrected chi connectivity index (χ2v) is 5.65. The lowest BCUT2D eigenvalue weighted by atomic mass is 10.1. The maximum absolute atomic E-state index is 12.7. The molecule has 5 nitrogen and oxygen atoms in total. The van der Waals surface area contributed by atoms with Gasteiger partial charge >= 0.3 is 0 Å². The van der Waals surface area contributed by atoms with Gasteiger partial charge < -0.3 is 9.80 Å². The molecule has 0 aliphatic heterocycles. The van der Waals surface area contributed by atoms with Crippen LogP contribution in [0.3, 0.4) is 0 Å². The number of aryl methyl sites for hydroxylation is 1. The van der Waals surface area contributed by atoms with E-state index in [1.165, 1.54) is 12.8 Å². The molecule has 1 aromatic rings. The Morgan fingerprint density at radius 3 is 2.58 bits per heavy atom. The van der Waals surface area contributed by atoms with Crippen LogP contribution in [-0.2, 0) is 0 Å². The molecule has 1 aliphatic carbocycles. The number of amides is 1. The van der Waals surface area contributed by atoms with Gasteiger partial charge in [-0.15, -0.1) is 0 Å². The van der Waals surface area contributed by atoms with Crippen LogP contribution in [0.4, 0.5) is 0 Å². The number of aromatic amines is 1. The summed E-state index contributed by atoms with van der Waals surface area (Å²) in [4.78, 5) is 16.8. The molecule has 0 atom stereocenters. The van der Waals surface area contributed by atoms with Gasteiger partial charge in [0.2, 0.25) is 0 Å². The highest BCUT2D eigenvalue weighted by atomic mass is 16.2. The van der Waals surface area contributed by atoms with Crippen molar-refractivity contribution in [3.05, 3.63) is 17.5 Å². The van der Waals surface area contributed by atoms with Crippen LogP contribution < -0.4 is 0 Å². The molecule has 0 radical (unpaired) electrons. The third kappa shape index (κ3) is 3.35. The van der Waals surface area contributed by atoms with Gasteiger partial charge in [0.25, 0.3) is 5.91 Å². The van der Waals surface area contributed by atoms with Gasteiger partial charge in [0.05, 0.1) is 11.8 Å². The Balaban J connectivity index is 2.11. The van der Waals surface area contributed by atoms with Crippen LogP contribution in [0.2, 0.25) is 0 Å². The average molecular weight is 264 g/mol. The third-order valence-electron chi connectivity index (χ3n) is 3.87. The third-order valence-corrected chi connectivity index (χ3v) is 3.87. The van der Waals surface area contributed by atoms with Gasteiger partial charge in [0, 0.05) is 24.8 Å². The molecule has 5 heteroatoms. The van der Waals surface area contributed by atoms with Crippen LogP contribution in [0.25, 0.3) is 0 Å². The van der Waals surface area contributed by atoms with E-state index in [0.717, 1.165) is 31.6 Å². The molecule has 0 aromatic carbocycles. The first-order valence-corrected chi connectivity index (χ1v) is 7.05. The SMILES string of the molecule is Cc1[nH]ncc1C(=O)N(CCN(C)C)C1CCCC1. The maximum Gasteiger partial charge on any atom is 0.257 e. The summed E-state index contributed by atoms with van der Waals surface area (Å²) in [5, 5.41) is 6.82. The van der Waals surface area contributed by atoms with E-state index in [1.54, 1.807) is 6.20 Å². The van der Waals surface area contributed by atoms with E-state index in [2.05, 4.69) is 15.1 Å². The second kappa shape index (κ2) is 6.19. The van der Waals surface area contributed by atoms with Crippen molar-refractivity contribution in [2.45, 2.75) is 38.6 Å². The molecule has 0 spiro atoms. The van der Waals surface area contributed by atoms with Crippen molar-refractivity contribution >= 4 is 5.91 Å². The predicted molar refractivity (Wildman–Crippen MR) is 75.2 cm³/mol. The van der Waals surface area contributed by atoms with Crippen molar-refractivity contribution in [2.75, 3.05) is 27.2 Å². The molecule has 1 amide bonds. The van der Waals surface area contributed by atoms with Crippen LogP contribution >= 0.6 is 0 Å². The lowest BCUT2D eigenvalue weighted by Crippen LogP contribution is -2.42. The number of nitrogens with one attached hydrogen (secondary N) is 1. The molecule has 1 aliphatic rings. The van der Waals surface area contributed by atoms with Gasteiger partial charge in [-0.3, -0.25) is 9.89 Å². The van der Waals surface area contributed by atoms with E-state index < -0.39 is 0 Å². The molecule has 1 fully saturated rings. The summed E-state index contributed by atoms with van der Waals surface area (Å²) >= 11 is 0. The molecule has 1 N–H and O–H groups in total. The molecule has 1 aromatic heterocycles. The van der Waals surface area contributed by atoms with Crippen molar-refractivity contribution in [3.8, 4) is 0 Å². The van der Waals surface area contributed by atoms with Crippen molar-refractivity contribution in [2.24, 2.45) is 0 Å². The number of aromatic nitrogens is 2. The number of H-pyrrole nitrogens is 1. The molecule has 0 bridgehead atoms. The van der Waals surface area contributed by atoms with E-state index in [0.29, 0.717) is 11.6 Å². The zero-order valence-electron chi connectivity index (χ0n) is 12.1. The molecule has 0 saturated heterocycles. The number of likely N-dealkylation sites (N-methyl/N-ethyl adjacent to an activating group) is 1. The first-order chi connectivity index (χ1) is 9.09. The number of carbonyl (C=O) groups excluding carboxylic acids is 1. The van der Waals surface area contributed by atoms with Crippen molar-refractivity contribution in [3.63, 3.8) is 0 Å². The van der Waals surface area contributed by atoms with Gasteiger partial charge in [0.15, 0.2) is 0 Å². The summed E-state index contributed by atoms with van der Waals surface area (Å²) in [6.07, 6.45) is 6.39. The number of carbonyl (C=O) groups is 1. The number of hydrogen-bond donors (Lipinski definition) is 1. The van der Waals surface area contributed by atoms with Crippen molar-refractivity contribution in [1.82, 2.24) is 20.0 Å². The van der Waals surface area contributed by atoms with Crippen LogP contribution in [0.5, 0.6) is 0 Å². The lowest BCUT2D eigenvalue weighted by Gasteiger charge is -2.30. The fourth-order valence-corrected chi connectivity index (χ4v) is 2.69. The molecule has 106 valence electrons. The largest absolute Gasteiger partial charge is 0.334 e. The van der Waals surface area contributed by atoms with Crippen LogP contribution in [0.1, 0.15) is 41.7 Å². The lowest BCUT2D eigenvalue weighted by molar-refractivity contribution is 0.0667. The Bertz CT molecular complexity index is 421. The van der Waals surface area contributed by atoms with Gasteiger partial charge in [-0.05, 0) is 33.9 Å². The highest BCUT2D eigenvalue weighted by Gasteiger charge is 2.28. The number of rotatable bonds is 5. The van der Waals surface area contributed by atoms with E-state index in [1.807, 2.05) is 25.9 Å². The Kier molecular flexibility index (Phi) is 4.58. The first-order valence-electron chi connectivity index (χ1n) is 7.05. The van der Waals surface area contributed by atoms with E-state index in [4.69, 9.17) is 0 Å². The van der Waals surface area contributed by atoms with Crippen LogP contribution in [-0.4, -0.2) is 59.1 Å². The molecular weight excluding hydrogens is 240 g/mol. The highest BCUT2D eigenvalue weighted by Crippen LogP contribution is 2.25. The van der Waals surface area contributed by atoms with E-state index in [-0.39, 0.29) is 5.91 Å². The Morgan fingerprint density at radius 2 is 2.05 bits per heavy atom. The minimum atomic E-state index is 0.125. The van der Waals surface area contributed by atoms with E-state index >= 15 is 0 Å². The smallest absolute Gasteiger partial charge is 0.257 e. The fraction of sp³-hybridized carbons (Fsp3) is 0.714. The minimum absolute atomic E-state index is 0.125. The maximum atomic E-state index is 12.7. The van der Waals surface area contributed by atoms with Gasteiger partial charge in [-0.1, -0.05) is 12.8 Å². The first kappa shape index (κ1) is 14.1. The Morgan fingerprint density at radius 1 is 1.37 bits per heavy atom. The van der Waals surface area contributed by atoms with Crippen LogP contribution in [0, 0.1) is 6.92 Å². The van der Waals surface area contributed by atoms with Crippen LogP contribution in [0.15, 0.2) is 6.20 Å². The van der Waals surface area contributed by atoms with Gasteiger partial charge in [0.1, 0.15) is 0 Å². The number of hydrogen-bond acceptors (Lipinski definition) is 3. The topological polar surface area (TPSA) is 52.2 Å². The van der Waals surface area contributed by atoms with Gasteiger partial charge in [-0.25, -0.2) is 0 Å². The fourth-order valence-electron chi connectivity index (χ4n) is 2.69. The Labute approximate surface area is 115 Å². The quantitative estimate of drug-likeness (QED) is 0.880. The Hall–Kier alpha value is -1.36. The minimum Gasteiger partial charge on any atom is -0.334 e. The van der Waals surface area contributed by atoms with Crippen molar-refractivity contribution < 1.29 is 4.79 Å². The summed E-state index contributed by atoms with van der Waals surface area (Å²) in [6.45, 7) is 3.60. The molecule has 1 heterocycles. The summed E-state index contributed by atoms with van der Waals surface area (Å²) < 4.78 is 0. The second-order valence-electron chi connectivity index (χ2n) is 5.65. The standard InChI is InChI=1S/C14H24N4O/c1-11-13(10-15-16-11)14(19)18(9-8-17(2)3)12-6-4-5-7-12/h10,12H,4-9H2,1-3H3,(H,15,16). The molecule has 0 unspecified atom stereocenters. The van der Waals surface area contributed by atoms with Crippen molar-refractivity contribution in [1.29, 1.82) is 0 Å². The van der Waals surface area contributed by atoms with Gasteiger partial charge in [-0.2, -0.15) is 5.10 Å². The summed E-state index contributed by atoms with van der Waals surface area (Å²) in [5.41, 5.74) is 1.57. The predicted octanol–water partition coefficient (Wildman–Crippen LogP) is 1.66. The summed E-state index contributed by atoms with van der Waals surface area (Å²) in [7, 11) is 4.08. The summed E-state index contributed by atoms with van der Waals surface area (Å²) in [5.74, 6) is 0.125. The average Bonchev–Trinajstić information content (AvgIpc) is 3.00. The molecule has 2 rings (SSSR count). The number of nitrogens with zero attached hydrogens (tertiary/aromatic N) is 3. The zero-order chi connectivity index (χ0) is 13.8. The monoisotopic (exact) mass is 264 g/mol. The summed E-state index contributed by atoms with van der Waals surface area (Å²) in [6, 6.07) is 0.404. The molecular formula is C14H24N4O.